The van der Waals surface area contributed by atoms with Gasteiger partial charge in [-0.2, -0.15) is 0 Å². The molecule has 0 aliphatic carbocycles. The van der Waals surface area contributed by atoms with E-state index in [1.807, 2.05) is 26.2 Å². The second kappa shape index (κ2) is 4.89. The van der Waals surface area contributed by atoms with Gasteiger partial charge in [-0.25, -0.2) is 0 Å². The van der Waals surface area contributed by atoms with E-state index in [4.69, 9.17) is 23.2 Å². The summed E-state index contributed by atoms with van der Waals surface area (Å²) in [7, 11) is 4.47. The third-order valence-corrected chi connectivity index (χ3v) is 3.26. The number of para-hydroxylation sites is 1. The van der Waals surface area contributed by atoms with E-state index in [0.29, 0.717) is 9.52 Å². The number of anilines is 1. The number of hydrogen-bond acceptors (Lipinski definition) is 1. The van der Waals surface area contributed by atoms with Crippen molar-refractivity contribution in [2.45, 2.75) is 4.46 Å². The molecule has 0 aliphatic heterocycles. The van der Waals surface area contributed by atoms with Crippen molar-refractivity contribution < 1.29 is 0 Å². The third-order valence-electron chi connectivity index (χ3n) is 1.65. The standard InChI is InChI=1S/C9H11Cl2NSi/c1-12(2)7-5-3-4-6-8(7)13-9(10)11/h3-6,9H,1-2H3. The van der Waals surface area contributed by atoms with Gasteiger partial charge in [-0.1, -0.05) is 18.2 Å². The third kappa shape index (κ3) is 3.22. The van der Waals surface area contributed by atoms with Crippen molar-refractivity contribution in [2.24, 2.45) is 0 Å². The number of halogens is 2. The first kappa shape index (κ1) is 10.9. The molecule has 0 saturated carbocycles. The molecular formula is C9H11Cl2NSi. The molecule has 2 radical (unpaired) electrons. The fraction of sp³-hybridized carbons (Fsp3) is 0.333. The van der Waals surface area contributed by atoms with Crippen LogP contribution in [0, 0.1) is 0 Å². The highest BCUT2D eigenvalue weighted by Gasteiger charge is 2.08. The van der Waals surface area contributed by atoms with Gasteiger partial charge in [0.1, 0.15) is 9.52 Å². The molecule has 1 aromatic carbocycles. The summed E-state index contributed by atoms with van der Waals surface area (Å²) in [5, 5.41) is 1.21. The summed E-state index contributed by atoms with van der Waals surface area (Å²) in [5.74, 6) is 0. The van der Waals surface area contributed by atoms with E-state index < -0.39 is 0 Å². The van der Waals surface area contributed by atoms with Gasteiger partial charge in [0.15, 0.2) is 0 Å². The van der Waals surface area contributed by atoms with E-state index in [-0.39, 0.29) is 4.46 Å². The van der Waals surface area contributed by atoms with Crippen LogP contribution in [0.15, 0.2) is 24.3 Å². The average molecular weight is 232 g/mol. The Morgan fingerprint density at radius 3 is 2.38 bits per heavy atom. The highest BCUT2D eigenvalue weighted by atomic mass is 35.5. The van der Waals surface area contributed by atoms with Crippen LogP contribution in [-0.4, -0.2) is 28.1 Å². The van der Waals surface area contributed by atoms with E-state index in [1.165, 1.54) is 10.9 Å². The maximum Gasteiger partial charge on any atom is 0.127 e. The molecule has 0 N–H and O–H groups in total. The van der Waals surface area contributed by atoms with Crippen LogP contribution in [-0.2, 0) is 0 Å². The Kier molecular flexibility index (Phi) is 4.10. The molecular weight excluding hydrogens is 221 g/mol. The highest BCUT2D eigenvalue weighted by Crippen LogP contribution is 2.08. The lowest BCUT2D eigenvalue weighted by atomic mass is 10.3. The first-order valence-corrected chi connectivity index (χ1v) is 5.87. The van der Waals surface area contributed by atoms with Crippen molar-refractivity contribution in [1.82, 2.24) is 0 Å². The van der Waals surface area contributed by atoms with Crippen LogP contribution in [0.4, 0.5) is 5.69 Å². The molecule has 1 aromatic rings. The monoisotopic (exact) mass is 231 g/mol. The molecule has 0 fully saturated rings. The lowest BCUT2D eigenvalue weighted by Gasteiger charge is -2.16. The van der Waals surface area contributed by atoms with Crippen LogP contribution in [0.2, 0.25) is 0 Å². The van der Waals surface area contributed by atoms with Gasteiger partial charge in [0.05, 0.1) is 4.46 Å². The topological polar surface area (TPSA) is 3.24 Å². The maximum atomic E-state index is 5.75. The SMILES string of the molecule is CN(C)c1ccccc1[Si]C(Cl)Cl. The fourth-order valence-electron chi connectivity index (χ4n) is 1.10. The number of rotatable bonds is 3. The maximum absolute atomic E-state index is 5.75. The second-order valence-electron chi connectivity index (χ2n) is 2.86. The van der Waals surface area contributed by atoms with Crippen LogP contribution in [0.1, 0.15) is 0 Å². The summed E-state index contributed by atoms with van der Waals surface area (Å²) in [6.07, 6.45) is 0. The lowest BCUT2D eigenvalue weighted by molar-refractivity contribution is 1.14. The Hall–Kier alpha value is -0.183. The largest absolute Gasteiger partial charge is 0.378 e. The molecule has 0 spiro atoms. The summed E-state index contributed by atoms with van der Waals surface area (Å²) in [6.45, 7) is 0. The molecule has 1 nitrogen and oxygen atoms in total. The van der Waals surface area contributed by atoms with E-state index in [1.54, 1.807) is 0 Å². The van der Waals surface area contributed by atoms with Gasteiger partial charge in [0.2, 0.25) is 0 Å². The summed E-state index contributed by atoms with van der Waals surface area (Å²) in [6, 6.07) is 8.15. The van der Waals surface area contributed by atoms with E-state index in [0.717, 1.165) is 0 Å². The summed E-state index contributed by atoms with van der Waals surface area (Å²) in [4.78, 5) is 2.07. The van der Waals surface area contributed by atoms with Crippen molar-refractivity contribution in [3.05, 3.63) is 24.3 Å². The lowest BCUT2D eigenvalue weighted by Crippen LogP contribution is -2.27. The van der Waals surface area contributed by atoms with Crippen molar-refractivity contribution >= 4 is 43.6 Å². The smallest absolute Gasteiger partial charge is 0.127 e. The minimum Gasteiger partial charge on any atom is -0.378 e. The zero-order valence-corrected chi connectivity index (χ0v) is 10.1. The normalized spacial score (nSPS) is 10.5. The van der Waals surface area contributed by atoms with Crippen molar-refractivity contribution in [3.63, 3.8) is 0 Å². The molecule has 0 saturated heterocycles. The van der Waals surface area contributed by atoms with Crippen LogP contribution in [0.25, 0.3) is 0 Å². The highest BCUT2D eigenvalue weighted by molar-refractivity contribution is 6.76. The van der Waals surface area contributed by atoms with Crippen LogP contribution in [0.5, 0.6) is 0 Å². The molecule has 0 unspecified atom stereocenters. The van der Waals surface area contributed by atoms with Gasteiger partial charge < -0.3 is 4.90 Å². The zero-order valence-electron chi connectivity index (χ0n) is 7.59. The molecule has 0 atom stereocenters. The van der Waals surface area contributed by atoms with Crippen molar-refractivity contribution in [3.8, 4) is 0 Å². The molecule has 1 rings (SSSR count). The Morgan fingerprint density at radius 2 is 1.85 bits per heavy atom. The predicted octanol–water partition coefficient (Wildman–Crippen LogP) is 1.84. The quantitative estimate of drug-likeness (QED) is 0.567. The van der Waals surface area contributed by atoms with Gasteiger partial charge in [-0.05, 0) is 11.3 Å². The average Bonchev–Trinajstić information content (AvgIpc) is 2.03. The van der Waals surface area contributed by atoms with Crippen LogP contribution in [0.3, 0.4) is 0 Å². The summed E-state index contributed by atoms with van der Waals surface area (Å²) >= 11 is 11.5. The zero-order chi connectivity index (χ0) is 9.84. The minimum absolute atomic E-state index is 0.305. The summed E-state index contributed by atoms with van der Waals surface area (Å²) in [5.41, 5.74) is 1.19. The molecule has 0 aromatic heterocycles. The molecule has 0 heterocycles. The Morgan fingerprint density at radius 1 is 1.23 bits per heavy atom. The molecule has 4 heteroatoms. The Labute approximate surface area is 91.5 Å². The van der Waals surface area contributed by atoms with Crippen molar-refractivity contribution in [1.29, 1.82) is 0 Å². The van der Waals surface area contributed by atoms with Gasteiger partial charge in [0, 0.05) is 19.8 Å². The Balaban J connectivity index is 2.91. The molecule has 70 valence electrons. The molecule has 0 amide bonds. The van der Waals surface area contributed by atoms with E-state index in [9.17, 15) is 0 Å². The summed E-state index contributed by atoms with van der Waals surface area (Å²) < 4.78 is -0.305. The van der Waals surface area contributed by atoms with Crippen LogP contribution >= 0.6 is 23.2 Å². The van der Waals surface area contributed by atoms with Crippen molar-refractivity contribution in [2.75, 3.05) is 19.0 Å². The Bertz CT molecular complexity index is 276. The molecule has 0 aliphatic rings. The minimum atomic E-state index is -0.305. The van der Waals surface area contributed by atoms with Gasteiger partial charge in [0.25, 0.3) is 0 Å². The van der Waals surface area contributed by atoms with Gasteiger partial charge in [-0.3, -0.25) is 0 Å². The number of alkyl halides is 2. The first-order chi connectivity index (χ1) is 6.11. The number of benzene rings is 1. The molecule has 13 heavy (non-hydrogen) atoms. The fourth-order valence-corrected chi connectivity index (χ4v) is 2.69. The van der Waals surface area contributed by atoms with Gasteiger partial charge >= 0.3 is 0 Å². The second-order valence-corrected chi connectivity index (χ2v) is 6.09. The predicted molar refractivity (Wildman–Crippen MR) is 61.7 cm³/mol. The molecule has 0 bridgehead atoms. The van der Waals surface area contributed by atoms with E-state index >= 15 is 0 Å². The number of hydrogen-bond donors (Lipinski definition) is 0. The number of nitrogens with zero attached hydrogens (tertiary/aromatic N) is 1. The van der Waals surface area contributed by atoms with E-state index in [2.05, 4.69) is 17.0 Å². The first-order valence-electron chi connectivity index (χ1n) is 3.92. The van der Waals surface area contributed by atoms with Crippen LogP contribution < -0.4 is 10.1 Å². The van der Waals surface area contributed by atoms with Gasteiger partial charge in [-0.15, -0.1) is 23.2 Å².